The number of anilines is 2. The Kier molecular flexibility index (Phi) is 3.50. The van der Waals surface area contributed by atoms with Crippen LogP contribution in [0, 0.1) is 0 Å². The minimum atomic E-state index is -0.162. The van der Waals surface area contributed by atoms with Gasteiger partial charge >= 0.3 is 0 Å². The molecule has 0 aliphatic rings. The van der Waals surface area contributed by atoms with E-state index in [4.69, 9.17) is 17.3 Å². The SMILES string of the molecule is Nc1ccc2cnn(CC(=O)Nc3ccc(Cl)cc3)c2c1. The highest BCUT2D eigenvalue weighted by Crippen LogP contribution is 2.17. The van der Waals surface area contributed by atoms with Crippen molar-refractivity contribution in [2.24, 2.45) is 0 Å². The van der Waals surface area contributed by atoms with E-state index in [0.717, 1.165) is 10.9 Å². The molecule has 0 radical (unpaired) electrons. The monoisotopic (exact) mass is 300 g/mol. The predicted octanol–water partition coefficient (Wildman–Crippen LogP) is 2.91. The minimum absolute atomic E-state index is 0.121. The van der Waals surface area contributed by atoms with Gasteiger partial charge < -0.3 is 11.1 Å². The molecule has 2 aromatic carbocycles. The maximum absolute atomic E-state index is 12.1. The zero-order valence-electron chi connectivity index (χ0n) is 11.1. The third kappa shape index (κ3) is 2.98. The van der Waals surface area contributed by atoms with Gasteiger partial charge in [-0.05, 0) is 42.5 Å². The number of hydrogen-bond acceptors (Lipinski definition) is 3. The Balaban J connectivity index is 1.77. The van der Waals surface area contributed by atoms with Gasteiger partial charge in [-0.2, -0.15) is 5.10 Å². The van der Waals surface area contributed by atoms with E-state index in [2.05, 4.69) is 10.4 Å². The third-order valence-corrected chi connectivity index (χ3v) is 3.34. The summed E-state index contributed by atoms with van der Waals surface area (Å²) >= 11 is 5.80. The van der Waals surface area contributed by atoms with E-state index >= 15 is 0 Å². The molecular weight excluding hydrogens is 288 g/mol. The second-order valence-corrected chi connectivity index (χ2v) is 5.11. The highest BCUT2D eigenvalue weighted by Gasteiger charge is 2.08. The predicted molar refractivity (Wildman–Crippen MR) is 84.2 cm³/mol. The first kappa shape index (κ1) is 13.5. The van der Waals surface area contributed by atoms with E-state index in [0.29, 0.717) is 16.4 Å². The van der Waals surface area contributed by atoms with Crippen molar-refractivity contribution < 1.29 is 4.79 Å². The highest BCUT2D eigenvalue weighted by molar-refractivity contribution is 6.30. The van der Waals surface area contributed by atoms with Crippen LogP contribution in [0.4, 0.5) is 11.4 Å². The summed E-state index contributed by atoms with van der Waals surface area (Å²) in [5.74, 6) is -0.162. The highest BCUT2D eigenvalue weighted by atomic mass is 35.5. The zero-order chi connectivity index (χ0) is 14.8. The van der Waals surface area contributed by atoms with Crippen LogP contribution in [-0.2, 0) is 11.3 Å². The number of carbonyl (C=O) groups is 1. The molecule has 0 aliphatic heterocycles. The fourth-order valence-corrected chi connectivity index (χ4v) is 2.21. The van der Waals surface area contributed by atoms with E-state index < -0.39 is 0 Å². The maximum atomic E-state index is 12.1. The Morgan fingerprint density at radius 2 is 2.00 bits per heavy atom. The Labute approximate surface area is 126 Å². The van der Waals surface area contributed by atoms with Gasteiger partial charge in [0.15, 0.2) is 0 Å². The van der Waals surface area contributed by atoms with Gasteiger partial charge in [0.05, 0.1) is 11.7 Å². The van der Waals surface area contributed by atoms with Gasteiger partial charge in [-0.15, -0.1) is 0 Å². The summed E-state index contributed by atoms with van der Waals surface area (Å²) in [6.45, 7) is 0.121. The van der Waals surface area contributed by atoms with Crippen molar-refractivity contribution in [1.82, 2.24) is 9.78 Å². The maximum Gasteiger partial charge on any atom is 0.246 e. The van der Waals surface area contributed by atoms with Gasteiger partial charge in [-0.1, -0.05) is 11.6 Å². The number of amides is 1. The molecule has 0 saturated heterocycles. The number of hydrogen-bond donors (Lipinski definition) is 2. The quantitative estimate of drug-likeness (QED) is 0.730. The van der Waals surface area contributed by atoms with Crippen molar-refractivity contribution >= 4 is 39.8 Å². The number of nitrogens with one attached hydrogen (secondary N) is 1. The summed E-state index contributed by atoms with van der Waals surface area (Å²) in [5, 5.41) is 8.58. The number of aromatic nitrogens is 2. The summed E-state index contributed by atoms with van der Waals surface area (Å²) in [6, 6.07) is 12.4. The smallest absolute Gasteiger partial charge is 0.246 e. The molecule has 0 fully saturated rings. The summed E-state index contributed by atoms with van der Waals surface area (Å²) in [7, 11) is 0. The molecule has 0 bridgehead atoms. The number of rotatable bonds is 3. The standard InChI is InChI=1S/C15H13ClN4O/c16-11-2-5-13(6-3-11)19-15(21)9-20-14-7-12(17)4-1-10(14)8-18-20/h1-8H,9,17H2,(H,19,21). The van der Waals surface area contributed by atoms with E-state index in [1.807, 2.05) is 12.1 Å². The molecule has 106 valence electrons. The molecule has 1 heterocycles. The number of halogens is 1. The van der Waals surface area contributed by atoms with Crippen molar-refractivity contribution in [2.75, 3.05) is 11.1 Å². The molecule has 0 unspecified atom stereocenters. The van der Waals surface area contributed by atoms with Gasteiger partial charge in [-0.3, -0.25) is 9.48 Å². The number of fused-ring (bicyclic) bond motifs is 1. The first-order valence-electron chi connectivity index (χ1n) is 6.38. The number of benzene rings is 2. The summed E-state index contributed by atoms with van der Waals surface area (Å²) < 4.78 is 1.62. The van der Waals surface area contributed by atoms with Crippen LogP contribution in [0.2, 0.25) is 5.02 Å². The number of nitrogens with zero attached hydrogens (tertiary/aromatic N) is 2. The third-order valence-electron chi connectivity index (χ3n) is 3.09. The Hall–Kier alpha value is -2.53. The molecule has 3 rings (SSSR count). The first-order valence-corrected chi connectivity index (χ1v) is 6.76. The van der Waals surface area contributed by atoms with Crippen LogP contribution in [0.25, 0.3) is 10.9 Å². The van der Waals surface area contributed by atoms with Gasteiger partial charge in [0.1, 0.15) is 6.54 Å². The Morgan fingerprint density at radius 1 is 1.24 bits per heavy atom. The minimum Gasteiger partial charge on any atom is -0.399 e. The number of nitrogen functional groups attached to an aromatic ring is 1. The first-order chi connectivity index (χ1) is 10.1. The molecular formula is C15H13ClN4O. The summed E-state index contributed by atoms with van der Waals surface area (Å²) in [6.07, 6.45) is 1.71. The molecule has 5 nitrogen and oxygen atoms in total. The van der Waals surface area contributed by atoms with Crippen LogP contribution in [0.15, 0.2) is 48.7 Å². The van der Waals surface area contributed by atoms with E-state index in [9.17, 15) is 4.79 Å². The largest absolute Gasteiger partial charge is 0.399 e. The number of carbonyl (C=O) groups excluding carboxylic acids is 1. The van der Waals surface area contributed by atoms with Crippen LogP contribution in [0.5, 0.6) is 0 Å². The van der Waals surface area contributed by atoms with E-state index in [1.165, 1.54) is 0 Å². The number of nitrogens with two attached hydrogens (primary N) is 1. The second kappa shape index (κ2) is 5.46. The lowest BCUT2D eigenvalue weighted by atomic mass is 10.2. The van der Waals surface area contributed by atoms with E-state index in [1.54, 1.807) is 41.2 Å². The van der Waals surface area contributed by atoms with Gasteiger partial charge in [0, 0.05) is 21.8 Å². The molecule has 6 heteroatoms. The van der Waals surface area contributed by atoms with Crippen LogP contribution >= 0.6 is 11.6 Å². The Bertz CT molecular complexity index is 795. The lowest BCUT2D eigenvalue weighted by Gasteiger charge is -2.06. The second-order valence-electron chi connectivity index (χ2n) is 4.68. The molecule has 3 aromatic rings. The molecule has 0 atom stereocenters. The van der Waals surface area contributed by atoms with Crippen molar-refractivity contribution in [3.05, 3.63) is 53.7 Å². The average Bonchev–Trinajstić information content (AvgIpc) is 2.84. The fraction of sp³-hybridized carbons (Fsp3) is 0.0667. The summed E-state index contributed by atoms with van der Waals surface area (Å²) in [4.78, 5) is 12.1. The van der Waals surface area contributed by atoms with Crippen LogP contribution in [0.1, 0.15) is 0 Å². The normalized spacial score (nSPS) is 10.7. The van der Waals surface area contributed by atoms with E-state index in [-0.39, 0.29) is 12.5 Å². The molecule has 21 heavy (non-hydrogen) atoms. The molecule has 1 amide bonds. The van der Waals surface area contributed by atoms with Crippen LogP contribution < -0.4 is 11.1 Å². The molecule has 1 aromatic heterocycles. The van der Waals surface area contributed by atoms with Gasteiger partial charge in [0.2, 0.25) is 5.91 Å². The Morgan fingerprint density at radius 3 is 2.76 bits per heavy atom. The van der Waals surface area contributed by atoms with Crippen molar-refractivity contribution in [3.63, 3.8) is 0 Å². The topological polar surface area (TPSA) is 72.9 Å². The lowest BCUT2D eigenvalue weighted by molar-refractivity contribution is -0.116. The molecule has 0 aliphatic carbocycles. The van der Waals surface area contributed by atoms with Crippen molar-refractivity contribution in [1.29, 1.82) is 0 Å². The van der Waals surface area contributed by atoms with Crippen LogP contribution in [0.3, 0.4) is 0 Å². The fourth-order valence-electron chi connectivity index (χ4n) is 2.08. The van der Waals surface area contributed by atoms with Gasteiger partial charge in [0.25, 0.3) is 0 Å². The van der Waals surface area contributed by atoms with Crippen LogP contribution in [-0.4, -0.2) is 15.7 Å². The summed E-state index contributed by atoms with van der Waals surface area (Å²) in [5.41, 5.74) is 7.94. The van der Waals surface area contributed by atoms with Crippen molar-refractivity contribution in [2.45, 2.75) is 6.54 Å². The lowest BCUT2D eigenvalue weighted by Crippen LogP contribution is -2.19. The molecule has 0 saturated carbocycles. The molecule has 0 spiro atoms. The average molecular weight is 301 g/mol. The van der Waals surface area contributed by atoms with Gasteiger partial charge in [-0.25, -0.2) is 0 Å². The van der Waals surface area contributed by atoms with Crippen molar-refractivity contribution in [3.8, 4) is 0 Å². The molecule has 3 N–H and O–H groups in total. The zero-order valence-corrected chi connectivity index (χ0v) is 11.8.